The Morgan fingerprint density at radius 2 is 2.20 bits per heavy atom. The highest BCUT2D eigenvalue weighted by Crippen LogP contribution is 2.07. The number of aromatic nitrogens is 1. The van der Waals surface area contributed by atoms with E-state index in [1.54, 1.807) is 19.4 Å². The number of anilines is 1. The molecule has 0 aromatic carbocycles. The van der Waals surface area contributed by atoms with Gasteiger partial charge in [0.2, 0.25) is 0 Å². The number of hydrogen-bond donors (Lipinski definition) is 2. The molecule has 0 radical (unpaired) electrons. The van der Waals surface area contributed by atoms with Gasteiger partial charge >= 0.3 is 0 Å². The monoisotopic (exact) mass is 280 g/mol. The van der Waals surface area contributed by atoms with Crippen molar-refractivity contribution in [3.63, 3.8) is 0 Å². The lowest BCUT2D eigenvalue weighted by molar-refractivity contribution is 0.0932. The quantitative estimate of drug-likeness (QED) is 0.656. The minimum Gasteiger partial charge on any atom is -0.385 e. The third-order valence-electron chi connectivity index (χ3n) is 2.70. The Kier molecular flexibility index (Phi) is 7.60. The van der Waals surface area contributed by atoms with E-state index < -0.39 is 0 Å². The van der Waals surface area contributed by atoms with Crippen LogP contribution in [0, 0.1) is 0 Å². The molecule has 2 N–H and O–H groups in total. The van der Waals surface area contributed by atoms with Gasteiger partial charge in [-0.3, -0.25) is 9.78 Å². The minimum atomic E-state index is -0.181. The molecular formula is C14H24N4O2. The number of amides is 1. The Bertz CT molecular complexity index is 410. The fourth-order valence-electron chi connectivity index (χ4n) is 1.65. The topological polar surface area (TPSA) is 66.5 Å². The number of carbonyl (C=O) groups excluding carboxylic acids is 1. The maximum atomic E-state index is 11.8. The molecule has 1 amide bonds. The van der Waals surface area contributed by atoms with Gasteiger partial charge in [0.05, 0.1) is 6.61 Å². The Morgan fingerprint density at radius 1 is 1.40 bits per heavy atom. The average molecular weight is 280 g/mol. The molecule has 0 aliphatic rings. The molecule has 0 aliphatic carbocycles. The molecule has 1 rings (SSSR count). The highest BCUT2D eigenvalue weighted by molar-refractivity contribution is 5.93. The number of nitrogens with zero attached hydrogens (tertiary/aromatic N) is 2. The van der Waals surface area contributed by atoms with E-state index >= 15 is 0 Å². The second-order valence-corrected chi connectivity index (χ2v) is 4.76. The molecule has 0 unspecified atom stereocenters. The van der Waals surface area contributed by atoms with Crippen molar-refractivity contribution in [3.05, 3.63) is 24.0 Å². The number of methoxy groups -OCH3 is 1. The molecule has 0 spiro atoms. The number of ether oxygens (including phenoxy) is 1. The van der Waals surface area contributed by atoms with Gasteiger partial charge in [-0.1, -0.05) is 0 Å². The van der Waals surface area contributed by atoms with Gasteiger partial charge in [-0.15, -0.1) is 0 Å². The number of carbonyl (C=O) groups is 1. The molecule has 0 fully saturated rings. The summed E-state index contributed by atoms with van der Waals surface area (Å²) < 4.78 is 4.89. The summed E-state index contributed by atoms with van der Waals surface area (Å²) in [4.78, 5) is 18.0. The summed E-state index contributed by atoms with van der Waals surface area (Å²) in [6, 6.07) is 3.62. The van der Waals surface area contributed by atoms with Crippen molar-refractivity contribution >= 4 is 11.6 Å². The van der Waals surface area contributed by atoms with Gasteiger partial charge < -0.3 is 20.3 Å². The predicted molar refractivity (Wildman–Crippen MR) is 80.1 cm³/mol. The van der Waals surface area contributed by atoms with Crippen molar-refractivity contribution in [2.75, 3.05) is 52.8 Å². The van der Waals surface area contributed by atoms with Crippen molar-refractivity contribution in [1.82, 2.24) is 15.2 Å². The van der Waals surface area contributed by atoms with Gasteiger partial charge in [0.25, 0.3) is 5.91 Å². The van der Waals surface area contributed by atoms with Crippen LogP contribution in [0.1, 0.15) is 16.9 Å². The zero-order chi connectivity index (χ0) is 14.8. The summed E-state index contributed by atoms with van der Waals surface area (Å²) in [6.07, 6.45) is 2.68. The first-order valence-electron chi connectivity index (χ1n) is 6.75. The van der Waals surface area contributed by atoms with E-state index in [0.717, 1.165) is 25.2 Å². The van der Waals surface area contributed by atoms with E-state index in [2.05, 4.69) is 34.6 Å². The van der Waals surface area contributed by atoms with E-state index in [1.165, 1.54) is 0 Å². The molecule has 1 aromatic rings. The van der Waals surface area contributed by atoms with Gasteiger partial charge in [0.1, 0.15) is 5.69 Å². The summed E-state index contributed by atoms with van der Waals surface area (Å²) in [7, 11) is 5.70. The highest BCUT2D eigenvalue weighted by atomic mass is 16.5. The molecule has 0 aliphatic heterocycles. The van der Waals surface area contributed by atoms with Crippen LogP contribution >= 0.6 is 0 Å². The van der Waals surface area contributed by atoms with E-state index in [0.29, 0.717) is 18.8 Å². The number of hydrogen-bond acceptors (Lipinski definition) is 5. The zero-order valence-electron chi connectivity index (χ0n) is 12.5. The smallest absolute Gasteiger partial charge is 0.270 e. The zero-order valence-corrected chi connectivity index (χ0v) is 12.5. The number of nitrogens with one attached hydrogen (secondary N) is 2. The Labute approximate surface area is 120 Å². The molecule has 20 heavy (non-hydrogen) atoms. The van der Waals surface area contributed by atoms with Gasteiger partial charge in [-0.05, 0) is 39.2 Å². The van der Waals surface area contributed by atoms with Crippen LogP contribution in [0.4, 0.5) is 5.69 Å². The molecule has 6 heteroatoms. The molecule has 0 saturated heterocycles. The van der Waals surface area contributed by atoms with Crippen molar-refractivity contribution in [2.45, 2.75) is 6.42 Å². The van der Waals surface area contributed by atoms with Crippen LogP contribution in [-0.2, 0) is 4.74 Å². The van der Waals surface area contributed by atoms with Crippen LogP contribution in [0.15, 0.2) is 18.3 Å². The van der Waals surface area contributed by atoms with E-state index in [1.807, 2.05) is 6.07 Å². The number of rotatable bonds is 9. The van der Waals surface area contributed by atoms with E-state index in [9.17, 15) is 4.79 Å². The van der Waals surface area contributed by atoms with Crippen LogP contribution in [0.5, 0.6) is 0 Å². The molecule has 112 valence electrons. The summed E-state index contributed by atoms with van der Waals surface area (Å²) in [5.74, 6) is -0.181. The fourth-order valence-corrected chi connectivity index (χ4v) is 1.65. The van der Waals surface area contributed by atoms with Crippen molar-refractivity contribution in [2.24, 2.45) is 0 Å². The highest BCUT2D eigenvalue weighted by Gasteiger charge is 2.06. The first-order valence-corrected chi connectivity index (χ1v) is 6.75. The molecule has 1 heterocycles. The van der Waals surface area contributed by atoms with E-state index in [-0.39, 0.29) is 5.91 Å². The van der Waals surface area contributed by atoms with Gasteiger partial charge in [0.15, 0.2) is 0 Å². The Morgan fingerprint density at radius 3 is 2.90 bits per heavy atom. The Balaban J connectivity index is 2.42. The lowest BCUT2D eigenvalue weighted by Gasteiger charge is -2.11. The second kappa shape index (κ2) is 9.28. The molecule has 0 saturated carbocycles. The molecule has 1 aromatic heterocycles. The van der Waals surface area contributed by atoms with Crippen molar-refractivity contribution in [1.29, 1.82) is 0 Å². The largest absolute Gasteiger partial charge is 0.385 e. The van der Waals surface area contributed by atoms with Gasteiger partial charge in [0, 0.05) is 32.1 Å². The summed E-state index contributed by atoms with van der Waals surface area (Å²) in [5, 5.41) is 6.04. The SMILES string of the molecule is COCCNC(=O)c1cc(NCCCN(C)C)ccn1. The summed E-state index contributed by atoms with van der Waals surface area (Å²) in [6.45, 7) is 2.88. The first-order chi connectivity index (χ1) is 9.63. The summed E-state index contributed by atoms with van der Waals surface area (Å²) in [5.41, 5.74) is 1.33. The third kappa shape index (κ3) is 6.49. The van der Waals surface area contributed by atoms with Crippen LogP contribution < -0.4 is 10.6 Å². The normalized spacial score (nSPS) is 10.6. The van der Waals surface area contributed by atoms with E-state index in [4.69, 9.17) is 4.74 Å². The van der Waals surface area contributed by atoms with Gasteiger partial charge in [-0.25, -0.2) is 0 Å². The Hall–Kier alpha value is -1.66. The first kappa shape index (κ1) is 16.4. The van der Waals surface area contributed by atoms with Crippen molar-refractivity contribution < 1.29 is 9.53 Å². The third-order valence-corrected chi connectivity index (χ3v) is 2.70. The molecule has 0 bridgehead atoms. The maximum Gasteiger partial charge on any atom is 0.270 e. The second-order valence-electron chi connectivity index (χ2n) is 4.76. The van der Waals surface area contributed by atoms with Gasteiger partial charge in [-0.2, -0.15) is 0 Å². The van der Waals surface area contributed by atoms with Crippen molar-refractivity contribution in [3.8, 4) is 0 Å². The molecule has 0 atom stereocenters. The summed E-state index contributed by atoms with van der Waals surface area (Å²) >= 11 is 0. The van der Waals surface area contributed by atoms with Crippen LogP contribution in [0.25, 0.3) is 0 Å². The predicted octanol–water partition coefficient (Wildman–Crippen LogP) is 0.821. The lowest BCUT2D eigenvalue weighted by atomic mass is 10.3. The lowest BCUT2D eigenvalue weighted by Crippen LogP contribution is -2.27. The molecule has 6 nitrogen and oxygen atoms in total. The van der Waals surface area contributed by atoms with Crippen LogP contribution in [0.2, 0.25) is 0 Å². The van der Waals surface area contributed by atoms with Crippen LogP contribution in [0.3, 0.4) is 0 Å². The fraction of sp³-hybridized carbons (Fsp3) is 0.571. The molecular weight excluding hydrogens is 256 g/mol. The van der Waals surface area contributed by atoms with Crippen LogP contribution in [-0.4, -0.2) is 63.2 Å². The number of pyridine rings is 1. The average Bonchev–Trinajstić information content (AvgIpc) is 2.44. The minimum absolute atomic E-state index is 0.181. The standard InChI is InChI=1S/C14H24N4O2/c1-18(2)9-4-6-15-12-5-7-16-13(11-12)14(19)17-8-10-20-3/h5,7,11H,4,6,8-10H2,1-3H3,(H,15,16)(H,17,19). The maximum absolute atomic E-state index is 11.8.